The Bertz CT molecular complexity index is 293. The van der Waals surface area contributed by atoms with Crippen molar-refractivity contribution in [1.29, 1.82) is 0 Å². The SMILES string of the molecule is CC(C)(CO)COCc1ccc(F)cc1. The number of hydrogen-bond donors (Lipinski definition) is 1. The Hall–Kier alpha value is -0.930. The Morgan fingerprint density at radius 1 is 1.27 bits per heavy atom. The topological polar surface area (TPSA) is 29.5 Å². The van der Waals surface area contributed by atoms with Crippen LogP contribution in [0.1, 0.15) is 19.4 Å². The number of rotatable bonds is 5. The molecule has 0 unspecified atom stereocenters. The lowest BCUT2D eigenvalue weighted by atomic mass is 9.97. The third kappa shape index (κ3) is 4.40. The Morgan fingerprint density at radius 3 is 2.40 bits per heavy atom. The van der Waals surface area contributed by atoms with E-state index in [2.05, 4.69) is 0 Å². The molecule has 2 nitrogen and oxygen atoms in total. The van der Waals surface area contributed by atoms with Gasteiger partial charge in [0.25, 0.3) is 0 Å². The molecule has 1 aromatic carbocycles. The van der Waals surface area contributed by atoms with Crippen LogP contribution in [0.25, 0.3) is 0 Å². The first kappa shape index (κ1) is 12.1. The van der Waals surface area contributed by atoms with Crippen LogP contribution < -0.4 is 0 Å². The van der Waals surface area contributed by atoms with Crippen molar-refractivity contribution in [3.8, 4) is 0 Å². The lowest BCUT2D eigenvalue weighted by Gasteiger charge is -2.21. The van der Waals surface area contributed by atoms with Gasteiger partial charge < -0.3 is 9.84 Å². The maximum Gasteiger partial charge on any atom is 0.123 e. The zero-order chi connectivity index (χ0) is 11.3. The lowest BCUT2D eigenvalue weighted by molar-refractivity contribution is 0.0197. The van der Waals surface area contributed by atoms with Gasteiger partial charge in [-0.2, -0.15) is 0 Å². The van der Waals surface area contributed by atoms with Crippen molar-refractivity contribution in [2.45, 2.75) is 20.5 Å². The van der Waals surface area contributed by atoms with Gasteiger partial charge in [0.2, 0.25) is 0 Å². The molecule has 3 heteroatoms. The third-order valence-corrected chi connectivity index (χ3v) is 2.10. The molecule has 0 aliphatic rings. The first-order valence-corrected chi connectivity index (χ1v) is 4.96. The molecular formula is C12H17FO2. The summed E-state index contributed by atoms with van der Waals surface area (Å²) in [6.45, 7) is 4.89. The lowest BCUT2D eigenvalue weighted by Crippen LogP contribution is -2.23. The number of aliphatic hydroxyl groups is 1. The molecule has 0 amide bonds. The molecular weight excluding hydrogens is 195 g/mol. The van der Waals surface area contributed by atoms with Crippen LogP contribution in [0.15, 0.2) is 24.3 Å². The van der Waals surface area contributed by atoms with Crippen LogP contribution >= 0.6 is 0 Å². The fourth-order valence-electron chi connectivity index (χ4n) is 1.07. The van der Waals surface area contributed by atoms with Gasteiger partial charge in [0.15, 0.2) is 0 Å². The smallest absolute Gasteiger partial charge is 0.123 e. The Morgan fingerprint density at radius 2 is 1.87 bits per heavy atom. The van der Waals surface area contributed by atoms with Crippen LogP contribution in [-0.2, 0) is 11.3 Å². The number of aliphatic hydroxyl groups excluding tert-OH is 1. The molecule has 0 aliphatic heterocycles. The number of halogens is 1. The average Bonchev–Trinajstić information content (AvgIpc) is 2.21. The molecule has 0 atom stereocenters. The number of benzene rings is 1. The first-order valence-electron chi connectivity index (χ1n) is 4.96. The van der Waals surface area contributed by atoms with E-state index in [1.807, 2.05) is 13.8 Å². The minimum absolute atomic E-state index is 0.0937. The highest BCUT2D eigenvalue weighted by Gasteiger charge is 2.16. The number of ether oxygens (including phenoxy) is 1. The van der Waals surface area contributed by atoms with Gasteiger partial charge in [-0.05, 0) is 17.7 Å². The van der Waals surface area contributed by atoms with Gasteiger partial charge in [0.1, 0.15) is 5.82 Å². The molecule has 0 saturated carbocycles. The Balaban J connectivity index is 2.35. The van der Waals surface area contributed by atoms with Crippen molar-refractivity contribution >= 4 is 0 Å². The molecule has 0 saturated heterocycles. The molecule has 0 spiro atoms. The highest BCUT2D eigenvalue weighted by molar-refractivity contribution is 5.14. The van der Waals surface area contributed by atoms with Gasteiger partial charge in [0.05, 0.1) is 19.8 Å². The molecule has 15 heavy (non-hydrogen) atoms. The summed E-state index contributed by atoms with van der Waals surface area (Å²) in [5, 5.41) is 9.00. The maximum atomic E-state index is 12.6. The molecule has 0 aliphatic carbocycles. The minimum atomic E-state index is -0.241. The van der Waals surface area contributed by atoms with Crippen molar-refractivity contribution in [3.05, 3.63) is 35.6 Å². The van der Waals surface area contributed by atoms with Crippen molar-refractivity contribution in [1.82, 2.24) is 0 Å². The normalized spacial score (nSPS) is 11.7. The second-order valence-corrected chi connectivity index (χ2v) is 4.44. The predicted octanol–water partition coefficient (Wildman–Crippen LogP) is 2.36. The quantitative estimate of drug-likeness (QED) is 0.812. The molecule has 0 heterocycles. The van der Waals surface area contributed by atoms with Crippen molar-refractivity contribution < 1.29 is 14.2 Å². The van der Waals surface area contributed by atoms with Crippen LogP contribution in [0.3, 0.4) is 0 Å². The maximum absolute atomic E-state index is 12.6. The fourth-order valence-corrected chi connectivity index (χ4v) is 1.07. The molecule has 1 rings (SSSR count). The van der Waals surface area contributed by atoms with Gasteiger partial charge in [-0.15, -0.1) is 0 Å². The van der Waals surface area contributed by atoms with E-state index in [0.717, 1.165) is 5.56 Å². The second-order valence-electron chi connectivity index (χ2n) is 4.44. The van der Waals surface area contributed by atoms with Gasteiger partial charge in [-0.3, -0.25) is 0 Å². The van der Waals surface area contributed by atoms with Crippen molar-refractivity contribution in [3.63, 3.8) is 0 Å². The van der Waals surface area contributed by atoms with E-state index in [1.54, 1.807) is 12.1 Å². The highest BCUT2D eigenvalue weighted by Crippen LogP contribution is 2.15. The molecule has 0 aromatic heterocycles. The average molecular weight is 212 g/mol. The largest absolute Gasteiger partial charge is 0.396 e. The van der Waals surface area contributed by atoms with E-state index in [9.17, 15) is 4.39 Å². The van der Waals surface area contributed by atoms with Crippen LogP contribution in [0.2, 0.25) is 0 Å². The van der Waals surface area contributed by atoms with Crippen molar-refractivity contribution in [2.75, 3.05) is 13.2 Å². The Kier molecular flexibility index (Phi) is 4.24. The van der Waals surface area contributed by atoms with Crippen LogP contribution in [0.5, 0.6) is 0 Å². The standard InChI is InChI=1S/C12H17FO2/c1-12(2,8-14)9-15-7-10-3-5-11(13)6-4-10/h3-6,14H,7-9H2,1-2H3. The van der Waals surface area contributed by atoms with E-state index in [0.29, 0.717) is 13.2 Å². The summed E-state index contributed by atoms with van der Waals surface area (Å²) in [4.78, 5) is 0. The van der Waals surface area contributed by atoms with Crippen LogP contribution in [0, 0.1) is 11.2 Å². The third-order valence-electron chi connectivity index (χ3n) is 2.10. The summed E-state index contributed by atoms with van der Waals surface area (Å²) in [6.07, 6.45) is 0. The molecule has 1 N–H and O–H groups in total. The summed E-state index contributed by atoms with van der Waals surface area (Å²) >= 11 is 0. The number of hydrogen-bond acceptors (Lipinski definition) is 2. The first-order chi connectivity index (χ1) is 7.03. The van der Waals surface area contributed by atoms with Crippen molar-refractivity contribution in [2.24, 2.45) is 5.41 Å². The molecule has 0 fully saturated rings. The van der Waals surface area contributed by atoms with Gasteiger partial charge in [-0.25, -0.2) is 4.39 Å². The second kappa shape index (κ2) is 5.24. The fraction of sp³-hybridized carbons (Fsp3) is 0.500. The van der Waals surface area contributed by atoms with Gasteiger partial charge >= 0.3 is 0 Å². The molecule has 0 radical (unpaired) electrons. The summed E-state index contributed by atoms with van der Waals surface area (Å²) in [7, 11) is 0. The summed E-state index contributed by atoms with van der Waals surface area (Å²) in [5.41, 5.74) is 0.713. The summed E-state index contributed by atoms with van der Waals surface area (Å²) < 4.78 is 18.0. The zero-order valence-corrected chi connectivity index (χ0v) is 9.16. The monoisotopic (exact) mass is 212 g/mol. The van der Waals surface area contributed by atoms with E-state index in [1.165, 1.54) is 12.1 Å². The summed E-state index contributed by atoms with van der Waals surface area (Å²) in [5.74, 6) is -0.241. The van der Waals surface area contributed by atoms with E-state index in [4.69, 9.17) is 9.84 Å². The molecule has 0 bridgehead atoms. The predicted molar refractivity (Wildman–Crippen MR) is 56.9 cm³/mol. The zero-order valence-electron chi connectivity index (χ0n) is 9.16. The minimum Gasteiger partial charge on any atom is -0.396 e. The van der Waals surface area contributed by atoms with Crippen LogP contribution in [-0.4, -0.2) is 18.3 Å². The van der Waals surface area contributed by atoms with Gasteiger partial charge in [-0.1, -0.05) is 26.0 Å². The van der Waals surface area contributed by atoms with E-state index in [-0.39, 0.29) is 17.8 Å². The molecule has 1 aromatic rings. The summed E-state index contributed by atoms with van der Waals surface area (Å²) in [6, 6.07) is 6.22. The Labute approximate surface area is 89.7 Å². The molecule has 84 valence electrons. The van der Waals surface area contributed by atoms with Crippen LogP contribution in [0.4, 0.5) is 4.39 Å². The van der Waals surface area contributed by atoms with E-state index >= 15 is 0 Å². The van der Waals surface area contributed by atoms with E-state index < -0.39 is 0 Å². The van der Waals surface area contributed by atoms with Gasteiger partial charge in [0, 0.05) is 5.41 Å². The highest BCUT2D eigenvalue weighted by atomic mass is 19.1.